The zero-order valence-electron chi connectivity index (χ0n) is 12.2. The van der Waals surface area contributed by atoms with Crippen LogP contribution in [0.25, 0.3) is 0 Å². The minimum atomic E-state index is -3.29. The van der Waals surface area contributed by atoms with Gasteiger partial charge < -0.3 is 0 Å². The Morgan fingerprint density at radius 3 is 2.32 bits per heavy atom. The summed E-state index contributed by atoms with van der Waals surface area (Å²) in [6, 6.07) is 5.53. The van der Waals surface area contributed by atoms with Crippen LogP contribution in [-0.2, 0) is 14.6 Å². The maximum atomic E-state index is 11.9. The Kier molecular flexibility index (Phi) is 4.97. The Morgan fingerprint density at radius 2 is 1.77 bits per heavy atom. The van der Waals surface area contributed by atoms with E-state index in [1.165, 1.54) is 24.3 Å². The van der Waals surface area contributed by atoms with E-state index in [0.29, 0.717) is 6.42 Å². The van der Waals surface area contributed by atoms with Crippen LogP contribution in [0.5, 0.6) is 0 Å². The summed E-state index contributed by atoms with van der Waals surface area (Å²) in [6.07, 6.45) is 7.39. The minimum Gasteiger partial charge on any atom is -0.273 e. The van der Waals surface area contributed by atoms with Crippen molar-refractivity contribution in [2.45, 2.75) is 24.2 Å². The molecule has 0 aromatic heterocycles. The zero-order valence-corrected chi connectivity index (χ0v) is 13.0. The lowest BCUT2D eigenvalue weighted by molar-refractivity contribution is -0.126. The second-order valence-electron chi connectivity index (χ2n) is 5.22. The molecule has 0 radical (unpaired) electrons. The molecule has 6 nitrogen and oxygen atoms in total. The van der Waals surface area contributed by atoms with Gasteiger partial charge in [0.1, 0.15) is 0 Å². The first-order valence-corrected chi connectivity index (χ1v) is 8.82. The molecule has 2 rings (SSSR count). The van der Waals surface area contributed by atoms with Gasteiger partial charge in [-0.3, -0.25) is 20.4 Å². The van der Waals surface area contributed by atoms with Crippen molar-refractivity contribution in [3.8, 4) is 0 Å². The summed E-state index contributed by atoms with van der Waals surface area (Å²) < 4.78 is 22.7. The molecule has 22 heavy (non-hydrogen) atoms. The Morgan fingerprint density at radius 1 is 1.09 bits per heavy atom. The van der Waals surface area contributed by atoms with Crippen molar-refractivity contribution in [3.05, 3.63) is 42.0 Å². The van der Waals surface area contributed by atoms with Crippen LogP contribution >= 0.6 is 0 Å². The van der Waals surface area contributed by atoms with Gasteiger partial charge >= 0.3 is 0 Å². The number of benzene rings is 1. The third-order valence-electron chi connectivity index (χ3n) is 3.48. The molecule has 1 aromatic carbocycles. The van der Waals surface area contributed by atoms with Crippen LogP contribution in [0, 0.1) is 5.92 Å². The summed E-state index contributed by atoms with van der Waals surface area (Å²) >= 11 is 0. The van der Waals surface area contributed by atoms with Crippen molar-refractivity contribution in [1.29, 1.82) is 0 Å². The molecular weight excluding hydrogens is 304 g/mol. The van der Waals surface area contributed by atoms with Gasteiger partial charge in [-0.15, -0.1) is 0 Å². The van der Waals surface area contributed by atoms with Crippen molar-refractivity contribution in [1.82, 2.24) is 10.9 Å². The number of amides is 2. The maximum absolute atomic E-state index is 11.9. The fraction of sp³-hybridized carbons (Fsp3) is 0.333. The molecule has 2 amide bonds. The second-order valence-corrected chi connectivity index (χ2v) is 7.24. The van der Waals surface area contributed by atoms with Crippen molar-refractivity contribution >= 4 is 21.7 Å². The van der Waals surface area contributed by atoms with Crippen LogP contribution in [-0.4, -0.2) is 26.5 Å². The molecule has 1 aliphatic carbocycles. The Hall–Kier alpha value is -2.15. The first-order chi connectivity index (χ1) is 10.4. The number of nitrogens with one attached hydrogen (secondary N) is 2. The van der Waals surface area contributed by atoms with Gasteiger partial charge in [0.25, 0.3) is 5.91 Å². The molecule has 7 heteroatoms. The van der Waals surface area contributed by atoms with Crippen LogP contribution in [0.1, 0.15) is 29.6 Å². The van der Waals surface area contributed by atoms with Crippen LogP contribution in [0.2, 0.25) is 0 Å². The summed E-state index contributed by atoms with van der Waals surface area (Å²) in [7, 11) is -3.29. The summed E-state index contributed by atoms with van der Waals surface area (Å²) in [4.78, 5) is 23.9. The lowest BCUT2D eigenvalue weighted by Crippen LogP contribution is -2.44. The Bertz CT molecular complexity index is 693. The molecule has 0 unspecified atom stereocenters. The number of sulfone groups is 1. The van der Waals surface area contributed by atoms with Gasteiger partial charge in [-0.1, -0.05) is 12.2 Å². The van der Waals surface area contributed by atoms with E-state index in [1.54, 1.807) is 0 Å². The molecule has 0 heterocycles. The average Bonchev–Trinajstić information content (AvgIpc) is 2.52. The van der Waals surface area contributed by atoms with Gasteiger partial charge in [-0.05, 0) is 43.5 Å². The molecule has 118 valence electrons. The van der Waals surface area contributed by atoms with Crippen molar-refractivity contribution < 1.29 is 18.0 Å². The van der Waals surface area contributed by atoms with Crippen molar-refractivity contribution in [2.24, 2.45) is 5.92 Å². The van der Waals surface area contributed by atoms with Gasteiger partial charge in [-0.25, -0.2) is 8.42 Å². The van der Waals surface area contributed by atoms with E-state index in [4.69, 9.17) is 0 Å². The first kappa shape index (κ1) is 16.2. The molecule has 2 N–H and O–H groups in total. The van der Waals surface area contributed by atoms with Gasteiger partial charge in [0.2, 0.25) is 5.91 Å². The SMILES string of the molecule is CS(=O)(=O)c1ccc(C(=O)NNC(=O)[C@@H]2CC=CCC2)cc1. The van der Waals surface area contributed by atoms with E-state index < -0.39 is 15.7 Å². The molecule has 0 fully saturated rings. The number of hydrogen-bond acceptors (Lipinski definition) is 4. The highest BCUT2D eigenvalue weighted by Gasteiger charge is 2.19. The van der Waals surface area contributed by atoms with Crippen LogP contribution in [0.15, 0.2) is 41.3 Å². The van der Waals surface area contributed by atoms with Crippen LogP contribution < -0.4 is 10.9 Å². The summed E-state index contributed by atoms with van der Waals surface area (Å²) in [5, 5.41) is 0. The smallest absolute Gasteiger partial charge is 0.269 e. The topological polar surface area (TPSA) is 92.3 Å². The molecule has 0 saturated carbocycles. The van der Waals surface area contributed by atoms with E-state index in [9.17, 15) is 18.0 Å². The van der Waals surface area contributed by atoms with Gasteiger partial charge in [0.05, 0.1) is 4.90 Å². The van der Waals surface area contributed by atoms with Crippen LogP contribution in [0.3, 0.4) is 0 Å². The van der Waals surface area contributed by atoms with Crippen molar-refractivity contribution in [3.63, 3.8) is 0 Å². The van der Waals surface area contributed by atoms with E-state index in [1.807, 2.05) is 12.2 Å². The molecule has 0 aliphatic heterocycles. The largest absolute Gasteiger partial charge is 0.273 e. The van der Waals surface area contributed by atoms with Gasteiger partial charge in [0, 0.05) is 17.7 Å². The molecular formula is C15H18N2O4S. The van der Waals surface area contributed by atoms with E-state index in [0.717, 1.165) is 19.1 Å². The fourth-order valence-electron chi connectivity index (χ4n) is 2.18. The quantitative estimate of drug-likeness (QED) is 0.646. The van der Waals surface area contributed by atoms with E-state index >= 15 is 0 Å². The standard InChI is InChI=1S/C15H18N2O4S/c1-22(20,21)13-9-7-12(8-10-13)15(19)17-16-14(18)11-5-3-2-4-6-11/h2-3,7-11H,4-6H2,1H3,(H,16,18)(H,17,19)/t11-/m1/s1. The highest BCUT2D eigenvalue weighted by molar-refractivity contribution is 7.90. The Balaban J connectivity index is 1.92. The first-order valence-electron chi connectivity index (χ1n) is 6.93. The maximum Gasteiger partial charge on any atom is 0.269 e. The number of rotatable bonds is 3. The normalized spacial score (nSPS) is 17.8. The van der Waals surface area contributed by atoms with Crippen molar-refractivity contribution in [2.75, 3.05) is 6.26 Å². The number of carbonyl (C=O) groups is 2. The number of hydrazine groups is 1. The lowest BCUT2D eigenvalue weighted by Gasteiger charge is -2.17. The molecule has 1 aliphatic rings. The molecule has 0 saturated heterocycles. The molecule has 0 spiro atoms. The summed E-state index contributed by atoms with van der Waals surface area (Å²) in [5.41, 5.74) is 5.02. The number of carbonyl (C=O) groups excluding carboxylic acids is 2. The number of hydrogen-bond donors (Lipinski definition) is 2. The predicted octanol–water partition coefficient (Wildman–Crippen LogP) is 1.21. The zero-order chi connectivity index (χ0) is 16.2. The molecule has 0 bridgehead atoms. The number of allylic oxidation sites excluding steroid dienone is 2. The third-order valence-corrected chi connectivity index (χ3v) is 4.61. The van der Waals surface area contributed by atoms with Gasteiger partial charge in [-0.2, -0.15) is 0 Å². The van der Waals surface area contributed by atoms with E-state index in [-0.39, 0.29) is 22.3 Å². The third kappa shape index (κ3) is 4.17. The monoisotopic (exact) mass is 322 g/mol. The summed E-state index contributed by atoms with van der Waals surface area (Å²) in [5.74, 6) is -0.830. The van der Waals surface area contributed by atoms with Crippen LogP contribution in [0.4, 0.5) is 0 Å². The average molecular weight is 322 g/mol. The van der Waals surface area contributed by atoms with Gasteiger partial charge in [0.15, 0.2) is 9.84 Å². The summed E-state index contributed by atoms with van der Waals surface area (Å²) in [6.45, 7) is 0. The lowest BCUT2D eigenvalue weighted by atomic mass is 9.94. The predicted molar refractivity (Wildman–Crippen MR) is 81.6 cm³/mol. The highest BCUT2D eigenvalue weighted by atomic mass is 32.2. The molecule has 1 atom stereocenters. The second kappa shape index (κ2) is 6.74. The fourth-order valence-corrected chi connectivity index (χ4v) is 2.81. The highest BCUT2D eigenvalue weighted by Crippen LogP contribution is 2.17. The molecule has 1 aromatic rings. The Labute approximate surface area is 129 Å². The van der Waals surface area contributed by atoms with E-state index in [2.05, 4.69) is 10.9 Å². The minimum absolute atomic E-state index is 0.127.